The normalized spacial score (nSPS) is 8.25. The standard InChI is InChI=1S/C2H3ClN2O3/c3-1(6)5(4)2(7)8/h4H2,(H,7,8). The minimum absolute atomic E-state index is 0.123. The Morgan fingerprint density at radius 2 is 2.00 bits per heavy atom. The molecule has 5 nitrogen and oxygen atoms in total. The second kappa shape index (κ2) is 2.49. The molecule has 46 valence electrons. The largest absolute Gasteiger partial charge is 0.464 e. The molecule has 0 aromatic rings. The number of amides is 2. The lowest BCUT2D eigenvalue weighted by atomic mass is 11.0. The van der Waals surface area contributed by atoms with Crippen molar-refractivity contribution in [1.29, 1.82) is 0 Å². The van der Waals surface area contributed by atoms with Crippen LogP contribution in [0.4, 0.5) is 9.59 Å². The lowest BCUT2D eigenvalue weighted by Gasteiger charge is -2.02. The van der Waals surface area contributed by atoms with Gasteiger partial charge in [-0.25, -0.2) is 10.6 Å². The highest BCUT2D eigenvalue weighted by molar-refractivity contribution is 6.63. The quantitative estimate of drug-likeness (QED) is 0.165. The van der Waals surface area contributed by atoms with Crippen molar-refractivity contribution in [2.24, 2.45) is 5.84 Å². The summed E-state index contributed by atoms with van der Waals surface area (Å²) in [5.41, 5.74) is 0. The van der Waals surface area contributed by atoms with Gasteiger partial charge >= 0.3 is 11.5 Å². The third-order valence-electron chi connectivity index (χ3n) is 0.395. The Bertz CT molecular complexity index is 110. The predicted molar refractivity (Wildman–Crippen MR) is 25.3 cm³/mol. The third kappa shape index (κ3) is 1.76. The highest BCUT2D eigenvalue weighted by Gasteiger charge is 2.11. The van der Waals surface area contributed by atoms with Gasteiger partial charge in [-0.1, -0.05) is 0 Å². The second-order valence-electron chi connectivity index (χ2n) is 0.906. The van der Waals surface area contributed by atoms with E-state index in [0.717, 1.165) is 0 Å². The first kappa shape index (κ1) is 7.19. The summed E-state index contributed by atoms with van der Waals surface area (Å²) < 4.78 is 0. The highest BCUT2D eigenvalue weighted by Crippen LogP contribution is 1.87. The van der Waals surface area contributed by atoms with Gasteiger partial charge < -0.3 is 5.11 Å². The minimum Gasteiger partial charge on any atom is -0.464 e. The van der Waals surface area contributed by atoms with Crippen molar-refractivity contribution in [2.45, 2.75) is 0 Å². The van der Waals surface area contributed by atoms with Crippen LogP contribution in [0.1, 0.15) is 0 Å². The van der Waals surface area contributed by atoms with E-state index in [1.165, 1.54) is 0 Å². The average Bonchev–Trinajstić information content (AvgIpc) is 1.64. The van der Waals surface area contributed by atoms with Crippen LogP contribution >= 0.6 is 11.6 Å². The van der Waals surface area contributed by atoms with E-state index in [9.17, 15) is 9.59 Å². The fourth-order valence-electron chi connectivity index (χ4n) is 0.0752. The number of hydrazine groups is 1. The van der Waals surface area contributed by atoms with Gasteiger partial charge in [0.1, 0.15) is 0 Å². The van der Waals surface area contributed by atoms with Gasteiger partial charge in [0, 0.05) is 0 Å². The van der Waals surface area contributed by atoms with Crippen molar-refractivity contribution < 1.29 is 14.7 Å². The maximum atomic E-state index is 9.77. The number of hydrogen-bond donors (Lipinski definition) is 2. The number of imide groups is 1. The molecule has 0 fully saturated rings. The summed E-state index contributed by atoms with van der Waals surface area (Å²) in [5, 5.41) is 6.50. The Balaban J connectivity index is 3.83. The Morgan fingerprint density at radius 1 is 1.62 bits per heavy atom. The molecule has 0 radical (unpaired) electrons. The monoisotopic (exact) mass is 138 g/mol. The Labute approximate surface area is 49.6 Å². The van der Waals surface area contributed by atoms with Crippen LogP contribution in [0.5, 0.6) is 0 Å². The number of rotatable bonds is 0. The van der Waals surface area contributed by atoms with Crippen LogP contribution in [0.15, 0.2) is 0 Å². The molecule has 0 aliphatic carbocycles. The summed E-state index contributed by atoms with van der Waals surface area (Å²) >= 11 is 4.60. The van der Waals surface area contributed by atoms with E-state index < -0.39 is 11.5 Å². The lowest BCUT2D eigenvalue weighted by Crippen LogP contribution is -2.37. The van der Waals surface area contributed by atoms with E-state index in [0.29, 0.717) is 0 Å². The molecule has 0 aliphatic heterocycles. The summed E-state index contributed by atoms with van der Waals surface area (Å²) in [4.78, 5) is 19.4. The molecule has 0 atom stereocenters. The van der Waals surface area contributed by atoms with Crippen molar-refractivity contribution in [3.8, 4) is 0 Å². The van der Waals surface area contributed by atoms with Crippen LogP contribution in [-0.4, -0.2) is 21.6 Å². The fourth-order valence-corrected chi connectivity index (χ4v) is 0.147. The molecule has 0 aliphatic rings. The number of carboxylic acid groups (broad SMARTS) is 1. The Kier molecular flexibility index (Phi) is 2.23. The number of halogens is 1. The second-order valence-corrected chi connectivity index (χ2v) is 1.23. The van der Waals surface area contributed by atoms with Gasteiger partial charge in [-0.05, 0) is 11.6 Å². The van der Waals surface area contributed by atoms with E-state index in [2.05, 4.69) is 17.4 Å². The molecule has 0 aromatic carbocycles. The van der Waals surface area contributed by atoms with Crippen LogP contribution in [0.2, 0.25) is 0 Å². The van der Waals surface area contributed by atoms with Crippen LogP contribution < -0.4 is 5.84 Å². The van der Waals surface area contributed by atoms with E-state index in [1.54, 1.807) is 0 Å². The first-order valence-electron chi connectivity index (χ1n) is 1.53. The first-order valence-corrected chi connectivity index (χ1v) is 1.90. The summed E-state index contributed by atoms with van der Waals surface area (Å²) in [7, 11) is 0. The minimum atomic E-state index is -1.58. The van der Waals surface area contributed by atoms with Gasteiger partial charge in [0.2, 0.25) is 0 Å². The van der Waals surface area contributed by atoms with E-state index >= 15 is 0 Å². The number of hydrogen-bond acceptors (Lipinski definition) is 3. The molecule has 0 heterocycles. The van der Waals surface area contributed by atoms with Crippen LogP contribution in [0.3, 0.4) is 0 Å². The van der Waals surface area contributed by atoms with E-state index in [-0.39, 0.29) is 5.01 Å². The van der Waals surface area contributed by atoms with Crippen molar-refractivity contribution in [3.05, 3.63) is 0 Å². The molecule has 6 heteroatoms. The summed E-state index contributed by atoms with van der Waals surface area (Å²) in [6, 6.07) is 0. The number of nitrogens with zero attached hydrogens (tertiary/aromatic N) is 1. The highest BCUT2D eigenvalue weighted by atomic mass is 35.5. The maximum absolute atomic E-state index is 9.77. The van der Waals surface area contributed by atoms with Gasteiger partial charge in [-0.3, -0.25) is 4.79 Å². The maximum Gasteiger partial charge on any atom is 0.429 e. The molecule has 0 saturated carbocycles. The molecule has 8 heavy (non-hydrogen) atoms. The summed E-state index contributed by atoms with van der Waals surface area (Å²) in [6.45, 7) is 0. The zero-order chi connectivity index (χ0) is 6.73. The van der Waals surface area contributed by atoms with Crippen molar-refractivity contribution in [2.75, 3.05) is 0 Å². The van der Waals surface area contributed by atoms with Crippen LogP contribution in [0, 0.1) is 0 Å². The molecule has 3 N–H and O–H groups in total. The van der Waals surface area contributed by atoms with Gasteiger partial charge in [-0.2, -0.15) is 5.01 Å². The van der Waals surface area contributed by atoms with Gasteiger partial charge in [-0.15, -0.1) is 0 Å². The summed E-state index contributed by atoms with van der Waals surface area (Å²) in [5.74, 6) is 4.51. The van der Waals surface area contributed by atoms with Crippen molar-refractivity contribution >= 4 is 23.1 Å². The van der Waals surface area contributed by atoms with Crippen molar-refractivity contribution in [1.82, 2.24) is 5.01 Å². The predicted octanol–water partition coefficient (Wildman–Crippen LogP) is 0.199. The van der Waals surface area contributed by atoms with Crippen LogP contribution in [0.25, 0.3) is 0 Å². The first-order chi connectivity index (χ1) is 3.55. The zero-order valence-corrected chi connectivity index (χ0v) is 4.42. The Hall–Kier alpha value is -0.810. The Morgan fingerprint density at radius 3 is 2.00 bits per heavy atom. The molecule has 2 amide bonds. The zero-order valence-electron chi connectivity index (χ0n) is 3.67. The molecule has 0 saturated heterocycles. The van der Waals surface area contributed by atoms with Crippen LogP contribution in [-0.2, 0) is 0 Å². The van der Waals surface area contributed by atoms with E-state index in [1.807, 2.05) is 0 Å². The van der Waals surface area contributed by atoms with E-state index in [4.69, 9.17) is 5.11 Å². The molecule has 0 aromatic heterocycles. The van der Waals surface area contributed by atoms with Gasteiger partial charge in [0.25, 0.3) is 0 Å². The molecule has 0 bridgehead atoms. The summed E-state index contributed by atoms with van der Waals surface area (Å²) in [6.07, 6.45) is -1.58. The van der Waals surface area contributed by atoms with Gasteiger partial charge in [0.05, 0.1) is 0 Å². The molecular formula is C2H3ClN2O3. The fraction of sp³-hybridized carbons (Fsp3) is 0. The molecule has 0 spiro atoms. The molecule has 0 rings (SSSR count). The number of carbonyl (C=O) groups excluding carboxylic acids is 1. The van der Waals surface area contributed by atoms with Gasteiger partial charge in [0.15, 0.2) is 0 Å². The SMILES string of the molecule is NN(C(=O)O)C(=O)Cl. The smallest absolute Gasteiger partial charge is 0.429 e. The topological polar surface area (TPSA) is 83.6 Å². The lowest BCUT2D eigenvalue weighted by molar-refractivity contribution is 0.156. The average molecular weight is 139 g/mol. The number of carbonyl (C=O) groups is 2. The number of nitrogens with two attached hydrogens (primary N) is 1. The van der Waals surface area contributed by atoms with Crippen molar-refractivity contribution in [3.63, 3.8) is 0 Å². The molecule has 0 unspecified atom stereocenters. The molecular weight excluding hydrogens is 135 g/mol. The third-order valence-corrected chi connectivity index (χ3v) is 0.578.